The Hall–Kier alpha value is -2.89. The number of fused-ring (bicyclic) bond motifs is 6. The fraction of sp³-hybridized carbons (Fsp3) is 0.381. The Balaban J connectivity index is 1.18. The molecule has 1 saturated heterocycles. The topological polar surface area (TPSA) is 82.3 Å². The number of nitrogens with one attached hydrogen (secondary N) is 2. The van der Waals surface area contributed by atoms with Gasteiger partial charge in [-0.1, -0.05) is 30.4 Å². The molecule has 2 heterocycles. The van der Waals surface area contributed by atoms with Gasteiger partial charge in [-0.25, -0.2) is 0 Å². The van der Waals surface area contributed by atoms with Crippen molar-refractivity contribution in [3.05, 3.63) is 48.2 Å². The maximum atomic E-state index is 12.6. The molecule has 6 heteroatoms. The molecule has 1 aromatic heterocycles. The number of hydrogen-bond donors (Lipinski definition) is 2. The SMILES string of the molecule is O=C(CN1C(=O)C2C3C=CC(C3)C2C1=O)NCCc1c[nH]c2ccccc12. The van der Waals surface area contributed by atoms with Crippen LogP contribution in [0, 0.1) is 23.7 Å². The van der Waals surface area contributed by atoms with Crippen molar-refractivity contribution in [1.29, 1.82) is 0 Å². The molecule has 1 aromatic carbocycles. The molecule has 4 atom stereocenters. The predicted molar refractivity (Wildman–Crippen MR) is 99.4 cm³/mol. The number of rotatable bonds is 5. The predicted octanol–water partition coefficient (Wildman–Crippen LogP) is 1.63. The van der Waals surface area contributed by atoms with E-state index >= 15 is 0 Å². The summed E-state index contributed by atoms with van der Waals surface area (Å²) in [5.74, 6) is -0.769. The zero-order valence-corrected chi connectivity index (χ0v) is 14.9. The molecular weight excluding hydrogens is 342 g/mol. The average Bonchev–Trinajstić information content (AvgIpc) is 3.42. The van der Waals surface area contributed by atoms with Crippen LogP contribution in [-0.4, -0.2) is 40.7 Å². The number of para-hydroxylation sites is 1. The Kier molecular flexibility index (Phi) is 3.67. The first kappa shape index (κ1) is 16.3. The average molecular weight is 363 g/mol. The van der Waals surface area contributed by atoms with Gasteiger partial charge >= 0.3 is 0 Å². The largest absolute Gasteiger partial charge is 0.361 e. The number of benzene rings is 1. The van der Waals surface area contributed by atoms with E-state index in [1.165, 1.54) is 4.90 Å². The van der Waals surface area contributed by atoms with E-state index < -0.39 is 0 Å². The summed E-state index contributed by atoms with van der Waals surface area (Å²) in [7, 11) is 0. The van der Waals surface area contributed by atoms with Gasteiger partial charge in [0.2, 0.25) is 17.7 Å². The summed E-state index contributed by atoms with van der Waals surface area (Å²) in [4.78, 5) is 41.9. The molecule has 1 aliphatic heterocycles. The zero-order chi connectivity index (χ0) is 18.5. The van der Waals surface area contributed by atoms with E-state index in [4.69, 9.17) is 0 Å². The first-order valence-corrected chi connectivity index (χ1v) is 9.49. The minimum atomic E-state index is -0.281. The molecule has 2 fully saturated rings. The maximum Gasteiger partial charge on any atom is 0.240 e. The Morgan fingerprint density at radius 1 is 1.11 bits per heavy atom. The highest BCUT2D eigenvalue weighted by Gasteiger charge is 2.59. The van der Waals surface area contributed by atoms with E-state index in [0.717, 1.165) is 22.9 Å². The van der Waals surface area contributed by atoms with Gasteiger partial charge in [-0.15, -0.1) is 0 Å². The van der Waals surface area contributed by atoms with Crippen LogP contribution in [0.15, 0.2) is 42.6 Å². The van der Waals surface area contributed by atoms with Crippen molar-refractivity contribution in [2.45, 2.75) is 12.8 Å². The van der Waals surface area contributed by atoms with Gasteiger partial charge in [-0.2, -0.15) is 0 Å². The summed E-state index contributed by atoms with van der Waals surface area (Å²) in [5.41, 5.74) is 2.21. The van der Waals surface area contributed by atoms with Crippen LogP contribution in [0.3, 0.4) is 0 Å². The molecule has 3 aliphatic rings. The molecule has 0 radical (unpaired) electrons. The molecule has 0 spiro atoms. The number of carbonyl (C=O) groups excluding carboxylic acids is 3. The zero-order valence-electron chi connectivity index (χ0n) is 14.9. The van der Waals surface area contributed by atoms with Crippen LogP contribution in [0.1, 0.15) is 12.0 Å². The molecule has 5 rings (SSSR count). The van der Waals surface area contributed by atoms with Crippen LogP contribution in [0.2, 0.25) is 0 Å². The molecule has 2 N–H and O–H groups in total. The fourth-order valence-electron chi connectivity index (χ4n) is 4.99. The second-order valence-electron chi connectivity index (χ2n) is 7.72. The minimum Gasteiger partial charge on any atom is -0.361 e. The highest BCUT2D eigenvalue weighted by atomic mass is 16.2. The molecule has 2 aromatic rings. The number of imide groups is 1. The smallest absolute Gasteiger partial charge is 0.240 e. The van der Waals surface area contributed by atoms with Gasteiger partial charge in [0.15, 0.2) is 0 Å². The van der Waals surface area contributed by atoms with E-state index in [9.17, 15) is 14.4 Å². The molecule has 2 aliphatic carbocycles. The van der Waals surface area contributed by atoms with E-state index in [2.05, 4.69) is 22.5 Å². The van der Waals surface area contributed by atoms with Crippen molar-refractivity contribution in [2.24, 2.45) is 23.7 Å². The van der Waals surface area contributed by atoms with Gasteiger partial charge < -0.3 is 10.3 Å². The fourth-order valence-corrected chi connectivity index (χ4v) is 4.99. The molecule has 138 valence electrons. The monoisotopic (exact) mass is 363 g/mol. The summed E-state index contributed by atoms with van der Waals surface area (Å²) >= 11 is 0. The van der Waals surface area contributed by atoms with Crippen LogP contribution in [0.25, 0.3) is 10.9 Å². The number of allylic oxidation sites excluding steroid dienone is 2. The molecule has 4 unspecified atom stereocenters. The Morgan fingerprint density at radius 3 is 2.56 bits per heavy atom. The summed E-state index contributed by atoms with van der Waals surface area (Å²) in [6.07, 6.45) is 7.66. The van der Waals surface area contributed by atoms with Crippen molar-refractivity contribution in [3.63, 3.8) is 0 Å². The van der Waals surface area contributed by atoms with E-state index in [1.54, 1.807) is 0 Å². The third-order valence-electron chi connectivity index (χ3n) is 6.25. The molecule has 2 bridgehead atoms. The van der Waals surface area contributed by atoms with Crippen molar-refractivity contribution in [2.75, 3.05) is 13.1 Å². The molecule has 27 heavy (non-hydrogen) atoms. The normalized spacial score (nSPS) is 28.4. The van der Waals surface area contributed by atoms with Crippen molar-refractivity contribution in [1.82, 2.24) is 15.2 Å². The van der Waals surface area contributed by atoms with Gasteiger partial charge in [0, 0.05) is 23.6 Å². The molecule has 3 amide bonds. The lowest BCUT2D eigenvalue weighted by atomic mass is 9.85. The van der Waals surface area contributed by atoms with E-state index in [-0.39, 0.29) is 47.9 Å². The van der Waals surface area contributed by atoms with Gasteiger partial charge in [0.25, 0.3) is 0 Å². The Labute approximate surface area is 156 Å². The van der Waals surface area contributed by atoms with Crippen LogP contribution < -0.4 is 5.32 Å². The second kappa shape index (κ2) is 6.08. The second-order valence-corrected chi connectivity index (χ2v) is 7.72. The van der Waals surface area contributed by atoms with Gasteiger partial charge in [-0.3, -0.25) is 19.3 Å². The van der Waals surface area contributed by atoms with E-state index in [0.29, 0.717) is 13.0 Å². The summed E-state index contributed by atoms with van der Waals surface area (Å²) in [6.45, 7) is 0.300. The lowest BCUT2D eigenvalue weighted by Gasteiger charge is -2.16. The molecular formula is C21H21N3O3. The highest BCUT2D eigenvalue weighted by Crippen LogP contribution is 2.52. The quantitative estimate of drug-likeness (QED) is 0.626. The van der Waals surface area contributed by atoms with Crippen molar-refractivity contribution >= 4 is 28.6 Å². The number of likely N-dealkylation sites (tertiary alicyclic amines) is 1. The highest BCUT2D eigenvalue weighted by molar-refractivity contribution is 6.08. The standard InChI is InChI=1S/C21H21N3O3/c25-17(22-8-7-14-10-23-16-4-2-1-3-15(14)16)11-24-20(26)18-12-5-6-13(9-12)19(18)21(24)27/h1-6,10,12-13,18-19,23H,7-9,11H2,(H,22,25). The van der Waals surface area contributed by atoms with Crippen LogP contribution >= 0.6 is 0 Å². The Bertz CT molecular complexity index is 946. The maximum absolute atomic E-state index is 12.6. The number of amides is 3. The summed E-state index contributed by atoms with van der Waals surface area (Å²) in [5, 5.41) is 3.99. The lowest BCUT2D eigenvalue weighted by Crippen LogP contribution is -2.42. The Morgan fingerprint density at radius 2 is 1.81 bits per heavy atom. The first-order chi connectivity index (χ1) is 13.1. The van der Waals surface area contributed by atoms with Crippen molar-refractivity contribution in [3.8, 4) is 0 Å². The number of nitrogens with zero attached hydrogens (tertiary/aromatic N) is 1. The molecule has 6 nitrogen and oxygen atoms in total. The van der Waals surface area contributed by atoms with E-state index in [1.807, 2.05) is 30.5 Å². The van der Waals surface area contributed by atoms with Crippen LogP contribution in [-0.2, 0) is 20.8 Å². The van der Waals surface area contributed by atoms with Crippen molar-refractivity contribution < 1.29 is 14.4 Å². The van der Waals surface area contributed by atoms with Gasteiger partial charge in [0.1, 0.15) is 6.54 Å². The number of hydrogen-bond acceptors (Lipinski definition) is 3. The lowest BCUT2D eigenvalue weighted by molar-refractivity contribution is -0.144. The third kappa shape index (κ3) is 2.51. The summed E-state index contributed by atoms with van der Waals surface area (Å²) < 4.78 is 0. The minimum absolute atomic E-state index is 0.169. The molecule has 1 saturated carbocycles. The number of carbonyl (C=O) groups is 3. The summed E-state index contributed by atoms with van der Waals surface area (Å²) in [6, 6.07) is 8.03. The van der Waals surface area contributed by atoms with Crippen LogP contribution in [0.4, 0.5) is 0 Å². The number of aromatic amines is 1. The van der Waals surface area contributed by atoms with Gasteiger partial charge in [0.05, 0.1) is 11.8 Å². The third-order valence-corrected chi connectivity index (χ3v) is 6.25. The first-order valence-electron chi connectivity index (χ1n) is 9.49. The van der Waals surface area contributed by atoms with Crippen LogP contribution in [0.5, 0.6) is 0 Å². The number of aromatic nitrogens is 1. The van der Waals surface area contributed by atoms with Gasteiger partial charge in [-0.05, 0) is 36.3 Å². The number of H-pyrrole nitrogens is 1.